The largest absolute Gasteiger partial charge is 0.269 e. The van der Waals surface area contributed by atoms with Gasteiger partial charge in [-0.25, -0.2) is 0 Å². The van der Waals surface area contributed by atoms with Crippen molar-refractivity contribution in [2.45, 2.75) is 9.79 Å². The Hall–Kier alpha value is -2.52. The van der Waals surface area contributed by atoms with E-state index in [9.17, 15) is 0 Å². The fourth-order valence-corrected chi connectivity index (χ4v) is 3.09. The molecule has 0 aliphatic heterocycles. The number of benzene rings is 3. The van der Waals surface area contributed by atoms with E-state index in [1.807, 2.05) is 60.7 Å². The average molecular weight is 318 g/mol. The molecule has 0 spiro atoms. The van der Waals surface area contributed by atoms with E-state index in [2.05, 4.69) is 47.6 Å². The van der Waals surface area contributed by atoms with Crippen LogP contribution in [0.3, 0.4) is 0 Å². The zero-order valence-electron chi connectivity index (χ0n) is 13.0. The Bertz CT molecular complexity index is 770. The van der Waals surface area contributed by atoms with E-state index >= 15 is 0 Å². The summed E-state index contributed by atoms with van der Waals surface area (Å²) in [6, 6.07) is 28.8. The minimum Gasteiger partial charge on any atom is -0.269 e. The fraction of sp³-hybridized carbons (Fsp3) is 0.0500. The van der Waals surface area contributed by atoms with Crippen LogP contribution in [-0.4, -0.2) is 13.3 Å². The third kappa shape index (κ3) is 4.24. The van der Waals surface area contributed by atoms with Gasteiger partial charge in [-0.3, -0.25) is 5.01 Å². The zero-order valence-corrected chi connectivity index (χ0v) is 13.8. The maximum absolute atomic E-state index is 4.56. The Balaban J connectivity index is 1.79. The normalized spacial score (nSPS) is 10.8. The van der Waals surface area contributed by atoms with Gasteiger partial charge in [0.25, 0.3) is 0 Å². The molecule has 3 rings (SSSR count). The zero-order chi connectivity index (χ0) is 15.9. The molecule has 0 unspecified atom stereocenters. The molecule has 2 nitrogen and oxygen atoms in total. The number of rotatable bonds is 5. The van der Waals surface area contributed by atoms with Crippen molar-refractivity contribution in [2.24, 2.45) is 5.10 Å². The molecule has 0 bridgehead atoms. The second kappa shape index (κ2) is 7.65. The molecule has 3 aromatic rings. The van der Waals surface area contributed by atoms with Crippen LogP contribution in [0.15, 0.2) is 99.8 Å². The summed E-state index contributed by atoms with van der Waals surface area (Å²) >= 11 is 1.75. The minimum atomic E-state index is 1.07. The van der Waals surface area contributed by atoms with Gasteiger partial charge in [0.15, 0.2) is 0 Å². The molecular weight excluding hydrogens is 300 g/mol. The molecule has 0 aliphatic carbocycles. The second-order valence-electron chi connectivity index (χ2n) is 5.06. The first-order chi connectivity index (χ1) is 11.3. The van der Waals surface area contributed by atoms with Crippen molar-refractivity contribution in [2.75, 3.05) is 12.1 Å². The molecule has 114 valence electrons. The molecule has 0 amide bonds. The van der Waals surface area contributed by atoms with Gasteiger partial charge < -0.3 is 0 Å². The van der Waals surface area contributed by atoms with E-state index in [0.29, 0.717) is 0 Å². The molecule has 0 saturated heterocycles. The Morgan fingerprint density at radius 2 is 1.39 bits per heavy atom. The third-order valence-corrected chi connectivity index (χ3v) is 4.49. The molecule has 3 aromatic carbocycles. The summed E-state index contributed by atoms with van der Waals surface area (Å²) in [6.45, 7) is 0. The highest BCUT2D eigenvalue weighted by Gasteiger charge is 2.03. The van der Waals surface area contributed by atoms with Gasteiger partial charge in [-0.15, -0.1) is 0 Å². The molecule has 23 heavy (non-hydrogen) atoms. The van der Waals surface area contributed by atoms with Crippen LogP contribution < -0.4 is 5.01 Å². The van der Waals surface area contributed by atoms with Crippen LogP contribution >= 0.6 is 11.8 Å². The van der Waals surface area contributed by atoms with Crippen molar-refractivity contribution in [1.29, 1.82) is 0 Å². The van der Waals surface area contributed by atoms with Crippen LogP contribution in [0.5, 0.6) is 0 Å². The summed E-state index contributed by atoms with van der Waals surface area (Å²) < 4.78 is 0. The summed E-state index contributed by atoms with van der Waals surface area (Å²) in [7, 11) is 1.96. The first-order valence-corrected chi connectivity index (χ1v) is 8.29. The summed E-state index contributed by atoms with van der Waals surface area (Å²) in [5.74, 6) is 0. The van der Waals surface area contributed by atoms with Crippen molar-refractivity contribution in [3.05, 3.63) is 90.5 Å². The minimum absolute atomic E-state index is 1.07. The van der Waals surface area contributed by atoms with E-state index in [0.717, 1.165) is 11.3 Å². The van der Waals surface area contributed by atoms with Crippen molar-refractivity contribution in [3.63, 3.8) is 0 Å². The lowest BCUT2D eigenvalue weighted by atomic mass is 10.2. The molecule has 0 aromatic heterocycles. The maximum atomic E-state index is 4.56. The first kappa shape index (κ1) is 15.4. The van der Waals surface area contributed by atoms with Gasteiger partial charge in [0.05, 0.1) is 11.9 Å². The Labute approximate surface area is 141 Å². The van der Waals surface area contributed by atoms with E-state index in [1.165, 1.54) is 9.79 Å². The van der Waals surface area contributed by atoms with Gasteiger partial charge in [-0.1, -0.05) is 66.4 Å². The van der Waals surface area contributed by atoms with Gasteiger partial charge in [0.2, 0.25) is 0 Å². The highest BCUT2D eigenvalue weighted by Crippen LogP contribution is 2.29. The lowest BCUT2D eigenvalue weighted by molar-refractivity contribution is 1.02. The van der Waals surface area contributed by atoms with Crippen molar-refractivity contribution in [3.8, 4) is 0 Å². The fourth-order valence-electron chi connectivity index (χ4n) is 2.15. The summed E-state index contributed by atoms with van der Waals surface area (Å²) in [5.41, 5.74) is 2.18. The summed E-state index contributed by atoms with van der Waals surface area (Å²) in [5, 5.41) is 6.44. The van der Waals surface area contributed by atoms with E-state index in [4.69, 9.17) is 0 Å². The molecular formula is C20H18N2S. The standard InChI is InChI=1S/C20H18N2S/c1-22(18-11-4-2-5-12-18)21-16-17-10-8-9-15-20(17)23-19-13-6-3-7-14-19/h2-16H,1H3/b21-16+. The van der Waals surface area contributed by atoms with Crippen LogP contribution in [-0.2, 0) is 0 Å². The quantitative estimate of drug-likeness (QED) is 0.468. The van der Waals surface area contributed by atoms with Crippen LogP contribution in [0.2, 0.25) is 0 Å². The smallest absolute Gasteiger partial charge is 0.0590 e. The number of hydrogen-bond acceptors (Lipinski definition) is 3. The Morgan fingerprint density at radius 3 is 2.13 bits per heavy atom. The van der Waals surface area contributed by atoms with Gasteiger partial charge >= 0.3 is 0 Å². The van der Waals surface area contributed by atoms with Crippen molar-refractivity contribution < 1.29 is 0 Å². The van der Waals surface area contributed by atoms with Crippen LogP contribution in [0.1, 0.15) is 5.56 Å². The van der Waals surface area contributed by atoms with Gasteiger partial charge in [0.1, 0.15) is 0 Å². The number of anilines is 1. The average Bonchev–Trinajstić information content (AvgIpc) is 2.62. The van der Waals surface area contributed by atoms with Crippen molar-refractivity contribution in [1.82, 2.24) is 0 Å². The van der Waals surface area contributed by atoms with Gasteiger partial charge in [0, 0.05) is 22.4 Å². The topological polar surface area (TPSA) is 15.6 Å². The highest BCUT2D eigenvalue weighted by atomic mass is 32.2. The number of hydrogen-bond donors (Lipinski definition) is 0. The molecule has 0 fully saturated rings. The lowest BCUT2D eigenvalue weighted by Crippen LogP contribution is -2.08. The number of para-hydroxylation sites is 1. The van der Waals surface area contributed by atoms with Crippen LogP contribution in [0, 0.1) is 0 Å². The first-order valence-electron chi connectivity index (χ1n) is 7.47. The molecule has 0 N–H and O–H groups in total. The molecule has 0 saturated carbocycles. The van der Waals surface area contributed by atoms with E-state index in [-0.39, 0.29) is 0 Å². The predicted molar refractivity (Wildman–Crippen MR) is 99.4 cm³/mol. The Morgan fingerprint density at radius 1 is 0.783 bits per heavy atom. The third-order valence-electron chi connectivity index (χ3n) is 3.39. The Kier molecular flexibility index (Phi) is 5.12. The number of hydrazone groups is 1. The maximum Gasteiger partial charge on any atom is 0.0590 e. The highest BCUT2D eigenvalue weighted by molar-refractivity contribution is 7.99. The number of nitrogens with zero attached hydrogens (tertiary/aromatic N) is 2. The monoisotopic (exact) mass is 318 g/mol. The SMILES string of the molecule is CN(/N=C/c1ccccc1Sc1ccccc1)c1ccccc1. The predicted octanol–water partition coefficient (Wildman–Crippen LogP) is 5.31. The van der Waals surface area contributed by atoms with Crippen LogP contribution in [0.4, 0.5) is 5.69 Å². The summed E-state index contributed by atoms with van der Waals surface area (Å²) in [4.78, 5) is 2.42. The molecule has 0 aliphatic rings. The molecule has 0 radical (unpaired) electrons. The molecule has 0 atom stereocenters. The van der Waals surface area contributed by atoms with E-state index in [1.54, 1.807) is 11.8 Å². The summed E-state index contributed by atoms with van der Waals surface area (Å²) in [6.07, 6.45) is 1.91. The molecule has 3 heteroatoms. The van der Waals surface area contributed by atoms with E-state index < -0.39 is 0 Å². The van der Waals surface area contributed by atoms with Crippen LogP contribution in [0.25, 0.3) is 0 Å². The van der Waals surface area contributed by atoms with Gasteiger partial charge in [-0.2, -0.15) is 5.10 Å². The lowest BCUT2D eigenvalue weighted by Gasteiger charge is -2.12. The second-order valence-corrected chi connectivity index (χ2v) is 6.17. The van der Waals surface area contributed by atoms with Gasteiger partial charge in [-0.05, 0) is 30.3 Å². The van der Waals surface area contributed by atoms with Crippen molar-refractivity contribution >= 4 is 23.7 Å². The molecule has 0 heterocycles.